The monoisotopic (exact) mass is 234 g/mol. The van der Waals surface area contributed by atoms with Crippen LogP contribution < -0.4 is 5.32 Å². The van der Waals surface area contributed by atoms with Crippen molar-refractivity contribution >= 4 is 10.9 Å². The van der Waals surface area contributed by atoms with Gasteiger partial charge in [0.15, 0.2) is 0 Å². The summed E-state index contributed by atoms with van der Waals surface area (Å²) < 4.78 is 16.0. The molecule has 0 saturated carbocycles. The minimum Gasteiger partial charge on any atom is -0.342 e. The van der Waals surface area contributed by atoms with Gasteiger partial charge in [-0.25, -0.2) is 4.39 Å². The number of aromatic nitrogens is 1. The van der Waals surface area contributed by atoms with Gasteiger partial charge in [-0.15, -0.1) is 0 Å². The molecule has 1 unspecified atom stereocenters. The van der Waals surface area contributed by atoms with Crippen LogP contribution in [0, 0.1) is 5.82 Å². The van der Waals surface area contributed by atoms with E-state index < -0.39 is 0 Å². The molecule has 2 nitrogen and oxygen atoms in total. The van der Waals surface area contributed by atoms with Gasteiger partial charge in [0.25, 0.3) is 0 Å². The topological polar surface area (TPSA) is 17.0 Å². The number of halogens is 1. The minimum absolute atomic E-state index is 0.147. The average molecular weight is 234 g/mol. The molecule has 0 saturated heterocycles. The summed E-state index contributed by atoms with van der Waals surface area (Å²) in [6.45, 7) is 6.23. The summed E-state index contributed by atoms with van der Waals surface area (Å²) in [5.74, 6) is -0.147. The Kier molecular flexibility index (Phi) is 3.20. The van der Waals surface area contributed by atoms with Crippen molar-refractivity contribution in [3.05, 3.63) is 35.8 Å². The average Bonchev–Trinajstić information content (AvgIpc) is 2.69. The number of nitrogens with zero attached hydrogens (tertiary/aromatic N) is 1. The summed E-state index contributed by atoms with van der Waals surface area (Å²) in [5.41, 5.74) is 1.86. The number of benzene rings is 1. The molecule has 0 radical (unpaired) electrons. The zero-order valence-corrected chi connectivity index (χ0v) is 10.8. The molecular formula is C14H19FN2. The minimum atomic E-state index is -0.147. The molecule has 17 heavy (non-hydrogen) atoms. The maximum absolute atomic E-state index is 13.9. The highest BCUT2D eigenvalue weighted by atomic mass is 19.1. The second-order valence-electron chi connectivity index (χ2n) is 4.73. The van der Waals surface area contributed by atoms with Crippen LogP contribution in [0.2, 0.25) is 0 Å². The molecule has 3 heteroatoms. The second kappa shape index (κ2) is 4.49. The molecule has 0 aliphatic rings. The molecule has 1 aromatic heterocycles. The first-order chi connectivity index (χ1) is 8.06. The van der Waals surface area contributed by atoms with Gasteiger partial charge in [0.1, 0.15) is 5.82 Å². The third-order valence-electron chi connectivity index (χ3n) is 3.29. The molecular weight excluding hydrogens is 215 g/mol. The van der Waals surface area contributed by atoms with E-state index in [9.17, 15) is 4.39 Å². The lowest BCUT2D eigenvalue weighted by atomic mass is 10.1. The van der Waals surface area contributed by atoms with Gasteiger partial charge in [-0.3, -0.25) is 0 Å². The summed E-state index contributed by atoms with van der Waals surface area (Å²) in [5, 5.41) is 4.21. The van der Waals surface area contributed by atoms with E-state index in [0.29, 0.717) is 5.52 Å². The van der Waals surface area contributed by atoms with E-state index in [4.69, 9.17) is 0 Å². The number of para-hydroxylation sites is 1. The van der Waals surface area contributed by atoms with Crippen molar-refractivity contribution < 1.29 is 4.39 Å². The van der Waals surface area contributed by atoms with Crippen LogP contribution in [-0.4, -0.2) is 11.6 Å². The van der Waals surface area contributed by atoms with Crippen molar-refractivity contribution in [1.82, 2.24) is 9.88 Å². The van der Waals surface area contributed by atoms with E-state index in [1.165, 1.54) is 6.07 Å². The van der Waals surface area contributed by atoms with Crippen molar-refractivity contribution in [2.75, 3.05) is 7.05 Å². The lowest BCUT2D eigenvalue weighted by Crippen LogP contribution is -2.11. The van der Waals surface area contributed by atoms with E-state index in [-0.39, 0.29) is 17.9 Å². The van der Waals surface area contributed by atoms with Crippen LogP contribution >= 0.6 is 0 Å². The van der Waals surface area contributed by atoms with E-state index in [1.54, 1.807) is 6.07 Å². The van der Waals surface area contributed by atoms with Gasteiger partial charge in [-0.05, 0) is 39.4 Å². The molecule has 1 N–H and O–H groups in total. The van der Waals surface area contributed by atoms with Crippen molar-refractivity contribution in [2.45, 2.75) is 32.9 Å². The summed E-state index contributed by atoms with van der Waals surface area (Å²) in [4.78, 5) is 0. The first-order valence-electron chi connectivity index (χ1n) is 6.02. The van der Waals surface area contributed by atoms with Gasteiger partial charge >= 0.3 is 0 Å². The Bertz CT molecular complexity index is 528. The van der Waals surface area contributed by atoms with E-state index >= 15 is 0 Å². The number of rotatable bonds is 3. The second-order valence-corrected chi connectivity index (χ2v) is 4.73. The van der Waals surface area contributed by atoms with Crippen molar-refractivity contribution in [3.8, 4) is 0 Å². The summed E-state index contributed by atoms with van der Waals surface area (Å²) in [6, 6.07) is 5.76. The smallest absolute Gasteiger partial charge is 0.147 e. The molecule has 0 spiro atoms. The molecule has 0 aliphatic carbocycles. The molecule has 0 aliphatic heterocycles. The van der Waals surface area contributed by atoms with Gasteiger partial charge in [0, 0.05) is 23.7 Å². The van der Waals surface area contributed by atoms with Crippen molar-refractivity contribution in [2.24, 2.45) is 0 Å². The van der Waals surface area contributed by atoms with E-state index in [2.05, 4.69) is 32.3 Å². The molecule has 1 aromatic carbocycles. The number of nitrogens with one attached hydrogen (secondary N) is 1. The predicted octanol–water partition coefficient (Wildman–Crippen LogP) is 3.64. The van der Waals surface area contributed by atoms with Crippen LogP contribution in [0.5, 0.6) is 0 Å². The Morgan fingerprint density at radius 3 is 2.53 bits per heavy atom. The zero-order chi connectivity index (χ0) is 12.6. The van der Waals surface area contributed by atoms with Crippen LogP contribution in [0.1, 0.15) is 38.4 Å². The van der Waals surface area contributed by atoms with Crippen LogP contribution in [-0.2, 0) is 0 Å². The normalized spacial score (nSPS) is 13.5. The Hall–Kier alpha value is -1.35. The number of hydrogen-bond acceptors (Lipinski definition) is 1. The largest absolute Gasteiger partial charge is 0.342 e. The summed E-state index contributed by atoms with van der Waals surface area (Å²) in [7, 11) is 1.92. The molecule has 0 bridgehead atoms. The van der Waals surface area contributed by atoms with E-state index in [1.807, 2.05) is 17.7 Å². The first kappa shape index (κ1) is 12.1. The molecule has 2 rings (SSSR count). The van der Waals surface area contributed by atoms with Crippen LogP contribution in [0.4, 0.5) is 4.39 Å². The zero-order valence-electron chi connectivity index (χ0n) is 10.8. The van der Waals surface area contributed by atoms with Gasteiger partial charge in [-0.2, -0.15) is 0 Å². The highest BCUT2D eigenvalue weighted by Gasteiger charge is 2.16. The Balaban J connectivity index is 2.75. The maximum atomic E-state index is 13.9. The number of fused-ring (bicyclic) bond motifs is 1. The first-order valence-corrected chi connectivity index (χ1v) is 6.02. The molecule has 1 atom stereocenters. The van der Waals surface area contributed by atoms with Gasteiger partial charge < -0.3 is 9.88 Å². The molecule has 2 aromatic rings. The van der Waals surface area contributed by atoms with Crippen LogP contribution in [0.3, 0.4) is 0 Å². The molecule has 1 heterocycles. The SMILES string of the molecule is CNC(C)c1cn(C(C)C)c2c(F)cccc12. The van der Waals surface area contributed by atoms with Crippen LogP contribution in [0.15, 0.2) is 24.4 Å². The number of hydrogen-bond donors (Lipinski definition) is 1. The Labute approximate surface area is 101 Å². The predicted molar refractivity (Wildman–Crippen MR) is 69.8 cm³/mol. The lowest BCUT2D eigenvalue weighted by Gasteiger charge is -2.09. The third kappa shape index (κ3) is 1.95. The summed E-state index contributed by atoms with van der Waals surface area (Å²) in [6.07, 6.45) is 2.06. The highest BCUT2D eigenvalue weighted by Crippen LogP contribution is 2.30. The fourth-order valence-corrected chi connectivity index (χ4v) is 2.20. The van der Waals surface area contributed by atoms with Crippen LogP contribution in [0.25, 0.3) is 10.9 Å². The fraction of sp³-hybridized carbons (Fsp3) is 0.429. The quantitative estimate of drug-likeness (QED) is 0.858. The maximum Gasteiger partial charge on any atom is 0.147 e. The van der Waals surface area contributed by atoms with Gasteiger partial charge in [0.05, 0.1) is 5.52 Å². The molecule has 92 valence electrons. The van der Waals surface area contributed by atoms with Gasteiger partial charge in [0.2, 0.25) is 0 Å². The lowest BCUT2D eigenvalue weighted by molar-refractivity contribution is 0.583. The van der Waals surface area contributed by atoms with Gasteiger partial charge in [-0.1, -0.05) is 12.1 Å². The Morgan fingerprint density at radius 1 is 1.24 bits per heavy atom. The standard InChI is InChI=1S/C14H19FN2/c1-9(2)17-8-12(10(3)16-4)11-6-5-7-13(15)14(11)17/h5-10,16H,1-4H3. The Morgan fingerprint density at radius 2 is 1.94 bits per heavy atom. The van der Waals surface area contributed by atoms with Crippen molar-refractivity contribution in [1.29, 1.82) is 0 Å². The van der Waals surface area contributed by atoms with Crippen molar-refractivity contribution in [3.63, 3.8) is 0 Å². The van der Waals surface area contributed by atoms with E-state index in [0.717, 1.165) is 10.9 Å². The molecule has 0 fully saturated rings. The third-order valence-corrected chi connectivity index (χ3v) is 3.29. The molecule has 0 amide bonds. The highest BCUT2D eigenvalue weighted by molar-refractivity contribution is 5.85. The fourth-order valence-electron chi connectivity index (χ4n) is 2.20. The summed E-state index contributed by atoms with van der Waals surface area (Å²) >= 11 is 0.